The van der Waals surface area contributed by atoms with Crippen molar-refractivity contribution in [3.63, 3.8) is 0 Å². The van der Waals surface area contributed by atoms with Crippen LogP contribution in [0.15, 0.2) is 60.8 Å². The molecule has 0 saturated carbocycles. The lowest BCUT2D eigenvalue weighted by molar-refractivity contribution is 0.296. The summed E-state index contributed by atoms with van der Waals surface area (Å²) in [6.07, 6.45) is 5.60. The molecule has 0 spiro atoms. The first kappa shape index (κ1) is 15.0. The molecule has 1 aliphatic rings. The standard InChI is InChI=1S/C21H22N2O/c1-24-18-9-10-21-19(12-18)20(13-22-21)17-8-5-11-23(15-17)14-16-6-3-2-4-7-16/h2-4,6-10,12-13,22H,5,11,14-15H2,1H3. The highest BCUT2D eigenvalue weighted by atomic mass is 16.5. The van der Waals surface area contributed by atoms with Crippen molar-refractivity contribution in [1.82, 2.24) is 9.88 Å². The van der Waals surface area contributed by atoms with Gasteiger partial charge in [-0.25, -0.2) is 0 Å². The van der Waals surface area contributed by atoms with Crippen molar-refractivity contribution in [2.45, 2.75) is 13.0 Å². The Morgan fingerprint density at radius 1 is 1.12 bits per heavy atom. The summed E-state index contributed by atoms with van der Waals surface area (Å²) in [5.41, 5.74) is 5.23. The molecule has 0 unspecified atom stereocenters. The monoisotopic (exact) mass is 318 g/mol. The Morgan fingerprint density at radius 2 is 2.00 bits per heavy atom. The van der Waals surface area contributed by atoms with Crippen LogP contribution in [0.1, 0.15) is 17.5 Å². The molecule has 122 valence electrons. The molecule has 1 aliphatic heterocycles. The van der Waals surface area contributed by atoms with Crippen LogP contribution in [0.25, 0.3) is 16.5 Å². The fraction of sp³-hybridized carbons (Fsp3) is 0.238. The Morgan fingerprint density at radius 3 is 2.83 bits per heavy atom. The van der Waals surface area contributed by atoms with Crippen LogP contribution in [-0.4, -0.2) is 30.1 Å². The molecular formula is C21H22N2O. The average molecular weight is 318 g/mol. The Kier molecular flexibility index (Phi) is 4.09. The first-order valence-electron chi connectivity index (χ1n) is 8.44. The fourth-order valence-corrected chi connectivity index (χ4v) is 3.47. The normalized spacial score (nSPS) is 15.5. The number of nitrogens with one attached hydrogen (secondary N) is 1. The second-order valence-corrected chi connectivity index (χ2v) is 6.33. The third-order valence-electron chi connectivity index (χ3n) is 4.71. The minimum Gasteiger partial charge on any atom is -0.497 e. The van der Waals surface area contributed by atoms with Crippen LogP contribution < -0.4 is 4.74 Å². The Hall–Kier alpha value is -2.52. The Bertz CT molecular complexity index is 864. The molecule has 2 aromatic carbocycles. The number of hydrogen-bond acceptors (Lipinski definition) is 2. The molecule has 3 heteroatoms. The number of aromatic nitrogens is 1. The number of ether oxygens (including phenoxy) is 1. The summed E-state index contributed by atoms with van der Waals surface area (Å²) in [5.74, 6) is 0.904. The van der Waals surface area contributed by atoms with Crippen LogP contribution in [0.5, 0.6) is 5.75 Å². The Labute approximate surface area is 142 Å². The lowest BCUT2D eigenvalue weighted by atomic mass is 10.00. The third-order valence-corrected chi connectivity index (χ3v) is 4.71. The van der Waals surface area contributed by atoms with Gasteiger partial charge in [-0.1, -0.05) is 36.4 Å². The SMILES string of the molecule is COc1ccc2[nH]cc(C3=CCCN(Cc4ccccc4)C3)c2c1. The first-order valence-corrected chi connectivity index (χ1v) is 8.44. The van der Waals surface area contributed by atoms with Gasteiger partial charge < -0.3 is 9.72 Å². The molecule has 0 aliphatic carbocycles. The van der Waals surface area contributed by atoms with Crippen LogP contribution >= 0.6 is 0 Å². The molecule has 3 nitrogen and oxygen atoms in total. The van der Waals surface area contributed by atoms with Gasteiger partial charge in [0.15, 0.2) is 0 Å². The number of rotatable bonds is 4. The van der Waals surface area contributed by atoms with Gasteiger partial charge in [0.2, 0.25) is 0 Å². The van der Waals surface area contributed by atoms with Gasteiger partial charge in [-0.3, -0.25) is 4.90 Å². The van der Waals surface area contributed by atoms with E-state index >= 15 is 0 Å². The van der Waals surface area contributed by atoms with E-state index in [1.807, 2.05) is 6.07 Å². The summed E-state index contributed by atoms with van der Waals surface area (Å²) >= 11 is 0. The molecule has 3 aromatic rings. The van der Waals surface area contributed by atoms with Gasteiger partial charge in [-0.05, 0) is 35.8 Å². The summed E-state index contributed by atoms with van der Waals surface area (Å²) in [4.78, 5) is 5.90. The highest BCUT2D eigenvalue weighted by Gasteiger charge is 2.17. The second-order valence-electron chi connectivity index (χ2n) is 6.33. The molecule has 0 atom stereocenters. The van der Waals surface area contributed by atoms with Crippen LogP contribution in [0.2, 0.25) is 0 Å². The largest absolute Gasteiger partial charge is 0.497 e. The maximum Gasteiger partial charge on any atom is 0.119 e. The molecule has 1 aromatic heterocycles. The van der Waals surface area contributed by atoms with Gasteiger partial charge in [0.25, 0.3) is 0 Å². The van der Waals surface area contributed by atoms with Crippen molar-refractivity contribution in [3.05, 3.63) is 71.9 Å². The number of fused-ring (bicyclic) bond motifs is 1. The van der Waals surface area contributed by atoms with Gasteiger partial charge in [0.05, 0.1) is 7.11 Å². The van der Waals surface area contributed by atoms with E-state index in [1.165, 1.54) is 22.1 Å². The van der Waals surface area contributed by atoms with E-state index in [0.29, 0.717) is 0 Å². The predicted molar refractivity (Wildman–Crippen MR) is 99.2 cm³/mol. The summed E-state index contributed by atoms with van der Waals surface area (Å²) < 4.78 is 5.39. The fourth-order valence-electron chi connectivity index (χ4n) is 3.47. The predicted octanol–water partition coefficient (Wildman–Crippen LogP) is 4.47. The van der Waals surface area contributed by atoms with Gasteiger partial charge in [0, 0.05) is 42.3 Å². The van der Waals surface area contributed by atoms with E-state index < -0.39 is 0 Å². The zero-order valence-electron chi connectivity index (χ0n) is 14.0. The van der Waals surface area contributed by atoms with Crippen LogP contribution in [0.3, 0.4) is 0 Å². The zero-order chi connectivity index (χ0) is 16.4. The van der Waals surface area contributed by atoms with Crippen molar-refractivity contribution in [2.75, 3.05) is 20.2 Å². The summed E-state index contributed by atoms with van der Waals surface area (Å²) in [6.45, 7) is 3.10. The molecule has 1 N–H and O–H groups in total. The third kappa shape index (κ3) is 2.95. The van der Waals surface area contributed by atoms with Crippen LogP contribution in [0.4, 0.5) is 0 Å². The number of methoxy groups -OCH3 is 1. The van der Waals surface area contributed by atoms with Gasteiger partial charge in [-0.15, -0.1) is 0 Å². The molecule has 0 fully saturated rings. The second kappa shape index (κ2) is 6.54. The molecule has 24 heavy (non-hydrogen) atoms. The maximum atomic E-state index is 5.39. The molecule has 0 saturated heterocycles. The van der Waals surface area contributed by atoms with Crippen molar-refractivity contribution < 1.29 is 4.74 Å². The molecule has 4 rings (SSSR count). The smallest absolute Gasteiger partial charge is 0.119 e. The van der Waals surface area contributed by atoms with E-state index in [9.17, 15) is 0 Å². The first-order chi connectivity index (χ1) is 11.8. The number of nitrogens with zero attached hydrogens (tertiary/aromatic N) is 1. The maximum absolute atomic E-state index is 5.39. The average Bonchev–Trinajstić information content (AvgIpc) is 3.06. The number of benzene rings is 2. The van der Waals surface area contributed by atoms with Crippen molar-refractivity contribution in [1.29, 1.82) is 0 Å². The van der Waals surface area contributed by atoms with E-state index in [-0.39, 0.29) is 0 Å². The van der Waals surface area contributed by atoms with E-state index in [0.717, 1.165) is 37.3 Å². The topological polar surface area (TPSA) is 28.3 Å². The molecular weight excluding hydrogens is 296 g/mol. The van der Waals surface area contributed by atoms with E-state index in [4.69, 9.17) is 4.74 Å². The van der Waals surface area contributed by atoms with Crippen molar-refractivity contribution in [3.8, 4) is 5.75 Å². The van der Waals surface area contributed by atoms with Crippen LogP contribution in [0, 0.1) is 0 Å². The van der Waals surface area contributed by atoms with E-state index in [2.05, 4.69) is 64.6 Å². The van der Waals surface area contributed by atoms with Gasteiger partial charge >= 0.3 is 0 Å². The van der Waals surface area contributed by atoms with E-state index in [1.54, 1.807) is 7.11 Å². The highest BCUT2D eigenvalue weighted by molar-refractivity contribution is 5.94. The number of hydrogen-bond donors (Lipinski definition) is 1. The number of H-pyrrole nitrogens is 1. The lowest BCUT2D eigenvalue weighted by Crippen LogP contribution is -2.28. The molecule has 2 heterocycles. The lowest BCUT2D eigenvalue weighted by Gasteiger charge is -2.27. The molecule has 0 bridgehead atoms. The Balaban J connectivity index is 1.59. The quantitative estimate of drug-likeness (QED) is 0.769. The van der Waals surface area contributed by atoms with Crippen molar-refractivity contribution in [2.24, 2.45) is 0 Å². The van der Waals surface area contributed by atoms with Gasteiger partial charge in [0.1, 0.15) is 5.75 Å². The zero-order valence-corrected chi connectivity index (χ0v) is 14.0. The summed E-state index contributed by atoms with van der Waals surface area (Å²) in [6, 6.07) is 16.9. The molecule has 0 amide bonds. The molecule has 0 radical (unpaired) electrons. The summed E-state index contributed by atoms with van der Waals surface area (Å²) in [7, 11) is 1.72. The van der Waals surface area contributed by atoms with Crippen molar-refractivity contribution >= 4 is 16.5 Å². The van der Waals surface area contributed by atoms with Crippen LogP contribution in [-0.2, 0) is 6.54 Å². The summed E-state index contributed by atoms with van der Waals surface area (Å²) in [5, 5.41) is 1.24. The highest BCUT2D eigenvalue weighted by Crippen LogP contribution is 2.30. The van der Waals surface area contributed by atoms with Gasteiger partial charge in [-0.2, -0.15) is 0 Å². The minimum atomic E-state index is 0.904. The number of aromatic amines is 1. The minimum absolute atomic E-state index is 0.904.